The molecule has 0 radical (unpaired) electrons. The highest BCUT2D eigenvalue weighted by Crippen LogP contribution is 2.40. The van der Waals surface area contributed by atoms with Gasteiger partial charge in [-0.15, -0.1) is 0 Å². The Labute approximate surface area is 155 Å². The maximum atomic E-state index is 4.40. The van der Waals surface area contributed by atoms with Crippen LogP contribution in [0.4, 0.5) is 0 Å². The van der Waals surface area contributed by atoms with Crippen LogP contribution in [0.1, 0.15) is 47.0 Å². The minimum atomic E-state index is 0.549. The van der Waals surface area contributed by atoms with E-state index in [-0.39, 0.29) is 0 Å². The van der Waals surface area contributed by atoms with Crippen molar-refractivity contribution in [3.05, 3.63) is 60.5 Å². The molecule has 0 aromatic heterocycles. The van der Waals surface area contributed by atoms with Crippen molar-refractivity contribution in [1.29, 1.82) is 0 Å². The first kappa shape index (κ1) is 19.8. The number of piperidine rings is 2. The van der Waals surface area contributed by atoms with Crippen LogP contribution in [-0.2, 0) is 0 Å². The van der Waals surface area contributed by atoms with Gasteiger partial charge in [0.2, 0.25) is 0 Å². The van der Waals surface area contributed by atoms with E-state index in [1.165, 1.54) is 55.9 Å². The number of rotatable bonds is 6. The molecule has 0 aromatic rings. The number of nitrogens with zero attached hydrogens (tertiary/aromatic N) is 2. The third kappa shape index (κ3) is 4.76. The molecule has 0 N–H and O–H groups in total. The Morgan fingerprint density at radius 1 is 1.32 bits per heavy atom. The molecule has 2 nitrogen and oxygen atoms in total. The highest BCUT2D eigenvalue weighted by Gasteiger charge is 2.40. The lowest BCUT2D eigenvalue weighted by Crippen LogP contribution is -2.54. The van der Waals surface area contributed by atoms with Gasteiger partial charge >= 0.3 is 0 Å². The van der Waals surface area contributed by atoms with Crippen molar-refractivity contribution < 1.29 is 0 Å². The van der Waals surface area contributed by atoms with Crippen LogP contribution in [0, 0.1) is 11.8 Å². The summed E-state index contributed by atoms with van der Waals surface area (Å²) in [6, 6.07) is 0.587. The summed E-state index contributed by atoms with van der Waals surface area (Å²) in [6.45, 7) is 20.7. The van der Waals surface area contributed by atoms with Gasteiger partial charge in [-0.1, -0.05) is 50.0 Å². The van der Waals surface area contributed by atoms with Crippen molar-refractivity contribution in [2.24, 2.45) is 11.8 Å². The van der Waals surface area contributed by atoms with Gasteiger partial charge < -0.3 is 9.80 Å². The van der Waals surface area contributed by atoms with Crippen molar-refractivity contribution in [1.82, 2.24) is 9.80 Å². The van der Waals surface area contributed by atoms with Crippen molar-refractivity contribution >= 4 is 0 Å². The molecule has 3 atom stereocenters. The molecule has 2 heteroatoms. The lowest BCUT2D eigenvalue weighted by atomic mass is 9.78. The molecule has 2 aliphatic rings. The molecule has 0 aromatic carbocycles. The third-order valence-electron chi connectivity index (χ3n) is 5.82. The van der Waals surface area contributed by atoms with E-state index in [1.807, 2.05) is 6.08 Å². The summed E-state index contributed by atoms with van der Waals surface area (Å²) in [7, 11) is 0. The number of likely N-dealkylation sites (tertiary alicyclic amines) is 2. The minimum absolute atomic E-state index is 0.549. The molecule has 2 aliphatic heterocycles. The normalized spacial score (nSPS) is 29.2. The Bertz CT molecular complexity index is 567. The van der Waals surface area contributed by atoms with E-state index >= 15 is 0 Å². The largest absolute Gasteiger partial charge is 0.342 e. The van der Waals surface area contributed by atoms with Gasteiger partial charge in [0, 0.05) is 37.1 Å². The highest BCUT2D eigenvalue weighted by atomic mass is 15.2. The Morgan fingerprint density at radius 2 is 2.08 bits per heavy atom. The zero-order valence-corrected chi connectivity index (χ0v) is 16.7. The van der Waals surface area contributed by atoms with Gasteiger partial charge in [-0.2, -0.15) is 0 Å². The maximum absolute atomic E-state index is 4.40. The van der Waals surface area contributed by atoms with Gasteiger partial charge in [-0.05, 0) is 57.9 Å². The van der Waals surface area contributed by atoms with Crippen molar-refractivity contribution in [3.8, 4) is 0 Å². The maximum Gasteiger partial charge on any atom is 0.0391 e. The van der Waals surface area contributed by atoms with E-state index in [0.29, 0.717) is 12.0 Å². The van der Waals surface area contributed by atoms with E-state index in [2.05, 4.69) is 75.0 Å². The van der Waals surface area contributed by atoms with Gasteiger partial charge in [-0.25, -0.2) is 0 Å². The smallest absolute Gasteiger partial charge is 0.0391 e. The molecule has 2 saturated heterocycles. The van der Waals surface area contributed by atoms with Crippen LogP contribution < -0.4 is 0 Å². The van der Waals surface area contributed by atoms with Crippen LogP contribution in [0.25, 0.3) is 0 Å². The van der Waals surface area contributed by atoms with Crippen LogP contribution in [0.2, 0.25) is 0 Å². The van der Waals surface area contributed by atoms with E-state index in [9.17, 15) is 0 Å². The summed E-state index contributed by atoms with van der Waals surface area (Å²) in [5, 5.41) is 0. The molecule has 2 fully saturated rings. The van der Waals surface area contributed by atoms with E-state index in [0.717, 1.165) is 5.92 Å². The molecule has 0 saturated carbocycles. The SMILES string of the molecule is C=C/C(=C\C)N1C(=C)C(C)CC2CN(CC/C(C)=C/C=C\C)CCC21. The van der Waals surface area contributed by atoms with Gasteiger partial charge in [0.1, 0.15) is 0 Å². The fourth-order valence-electron chi connectivity index (χ4n) is 4.30. The zero-order valence-electron chi connectivity index (χ0n) is 16.7. The molecular formula is C23H36N2. The summed E-state index contributed by atoms with van der Waals surface area (Å²) in [5.74, 6) is 1.27. The van der Waals surface area contributed by atoms with Crippen LogP contribution in [0.5, 0.6) is 0 Å². The molecule has 2 rings (SSSR count). The molecule has 0 aliphatic carbocycles. The second-order valence-corrected chi connectivity index (χ2v) is 7.62. The highest BCUT2D eigenvalue weighted by molar-refractivity contribution is 5.25. The Morgan fingerprint density at radius 3 is 2.72 bits per heavy atom. The number of hydrogen-bond donors (Lipinski definition) is 0. The monoisotopic (exact) mass is 340 g/mol. The third-order valence-corrected chi connectivity index (χ3v) is 5.82. The molecule has 2 heterocycles. The molecule has 3 unspecified atom stereocenters. The van der Waals surface area contributed by atoms with Crippen molar-refractivity contribution in [2.45, 2.75) is 53.0 Å². The Balaban J connectivity index is 2.03. The lowest BCUT2D eigenvalue weighted by molar-refractivity contribution is 0.0517. The molecule has 0 bridgehead atoms. The molecular weight excluding hydrogens is 304 g/mol. The van der Waals surface area contributed by atoms with E-state index in [4.69, 9.17) is 0 Å². The lowest BCUT2D eigenvalue weighted by Gasteiger charge is -2.51. The standard InChI is InChI=1S/C23H36N2/c1-7-10-11-18(4)12-14-24-15-13-23-21(17-24)16-19(5)20(6)25(23)22(8-2)9-3/h7-11,19,21,23H,2,6,12-17H2,1,3-5H3/b10-7-,18-11+,22-9+. The predicted octanol–water partition coefficient (Wildman–Crippen LogP) is 5.53. The topological polar surface area (TPSA) is 6.48 Å². The molecule has 0 amide bonds. The molecule has 25 heavy (non-hydrogen) atoms. The van der Waals surface area contributed by atoms with Crippen LogP contribution in [0.15, 0.2) is 60.5 Å². The summed E-state index contributed by atoms with van der Waals surface area (Å²) in [5.41, 5.74) is 3.97. The van der Waals surface area contributed by atoms with Gasteiger partial charge in [0.25, 0.3) is 0 Å². The van der Waals surface area contributed by atoms with Crippen LogP contribution >= 0.6 is 0 Å². The average molecular weight is 341 g/mol. The first-order valence-corrected chi connectivity index (χ1v) is 9.79. The Kier molecular flexibility index (Phi) is 7.31. The number of hydrogen-bond acceptors (Lipinski definition) is 2. The summed E-state index contributed by atoms with van der Waals surface area (Å²) in [4.78, 5) is 5.15. The minimum Gasteiger partial charge on any atom is -0.342 e. The van der Waals surface area contributed by atoms with E-state index in [1.54, 1.807) is 0 Å². The number of fused-ring (bicyclic) bond motifs is 1. The summed E-state index contributed by atoms with van der Waals surface area (Å²) in [6.07, 6.45) is 14.3. The van der Waals surface area contributed by atoms with Gasteiger partial charge in [-0.3, -0.25) is 0 Å². The van der Waals surface area contributed by atoms with Crippen LogP contribution in [0.3, 0.4) is 0 Å². The fraction of sp³-hybridized carbons (Fsp3) is 0.565. The van der Waals surface area contributed by atoms with Crippen LogP contribution in [-0.4, -0.2) is 35.5 Å². The Hall–Kier alpha value is -1.54. The zero-order chi connectivity index (χ0) is 18.4. The summed E-state index contributed by atoms with van der Waals surface area (Å²) < 4.78 is 0. The van der Waals surface area contributed by atoms with Crippen molar-refractivity contribution in [3.63, 3.8) is 0 Å². The molecule has 138 valence electrons. The predicted molar refractivity (Wildman–Crippen MR) is 110 cm³/mol. The average Bonchev–Trinajstić information content (AvgIpc) is 2.62. The van der Waals surface area contributed by atoms with Crippen molar-refractivity contribution in [2.75, 3.05) is 19.6 Å². The number of allylic oxidation sites excluding steroid dienone is 6. The quantitative estimate of drug-likeness (QED) is 0.586. The fourth-order valence-corrected chi connectivity index (χ4v) is 4.30. The van der Waals surface area contributed by atoms with Gasteiger partial charge in [0.05, 0.1) is 0 Å². The first-order valence-electron chi connectivity index (χ1n) is 9.79. The first-order chi connectivity index (χ1) is 12.0. The van der Waals surface area contributed by atoms with E-state index < -0.39 is 0 Å². The molecule has 0 spiro atoms. The second-order valence-electron chi connectivity index (χ2n) is 7.62. The van der Waals surface area contributed by atoms with Gasteiger partial charge in [0.15, 0.2) is 0 Å². The summed E-state index contributed by atoms with van der Waals surface area (Å²) >= 11 is 0. The second kappa shape index (κ2) is 9.24.